The number of aromatic nitrogens is 1. The van der Waals surface area contributed by atoms with E-state index in [9.17, 15) is 14.4 Å². The molecule has 1 atom stereocenters. The molecule has 0 spiro atoms. The summed E-state index contributed by atoms with van der Waals surface area (Å²) in [5, 5.41) is 3.25. The highest BCUT2D eigenvalue weighted by Gasteiger charge is 2.33. The Morgan fingerprint density at radius 3 is 2.74 bits per heavy atom. The Hall–Kier alpha value is -3.91. The van der Waals surface area contributed by atoms with Crippen LogP contribution in [0.3, 0.4) is 0 Å². The number of para-hydroxylation sites is 1. The largest absolute Gasteiger partial charge is 0.484 e. The van der Waals surface area contributed by atoms with Gasteiger partial charge in [-0.25, -0.2) is 0 Å². The minimum atomic E-state index is -0.807. The van der Waals surface area contributed by atoms with Gasteiger partial charge in [0.1, 0.15) is 17.5 Å². The summed E-state index contributed by atoms with van der Waals surface area (Å²) >= 11 is 6.08. The van der Waals surface area contributed by atoms with Gasteiger partial charge in [-0.15, -0.1) is 0 Å². The quantitative estimate of drug-likeness (QED) is 0.458. The average molecular weight is 494 g/mol. The first-order chi connectivity index (χ1) is 16.9. The minimum Gasteiger partial charge on any atom is -0.484 e. The second-order valence-electron chi connectivity index (χ2n) is 7.92. The van der Waals surface area contributed by atoms with Crippen molar-refractivity contribution in [1.29, 1.82) is 0 Å². The predicted molar refractivity (Wildman–Crippen MR) is 131 cm³/mol. The van der Waals surface area contributed by atoms with Crippen LogP contribution in [0, 0.1) is 0 Å². The van der Waals surface area contributed by atoms with Crippen LogP contribution < -0.4 is 19.7 Å². The molecule has 0 fully saturated rings. The molecule has 0 saturated carbocycles. The number of ether oxygens (including phenoxy) is 2. The maximum absolute atomic E-state index is 12.8. The lowest BCUT2D eigenvalue weighted by molar-refractivity contribution is -0.127. The molecule has 1 unspecified atom stereocenters. The van der Waals surface area contributed by atoms with Gasteiger partial charge >= 0.3 is 0 Å². The standard InChI is InChI=1S/C26H24ClN3O5/c1-17(26(33)29-13-11-19-6-4-5-12-28-19)30-21-14-18(9-10-24(21)35-16-25(30)32)22(31)15-34-23-8-3-2-7-20(23)27/h2-10,12,14,17H,11,13,15-16H2,1H3,(H,29,33). The van der Waals surface area contributed by atoms with Gasteiger partial charge < -0.3 is 14.8 Å². The Kier molecular flexibility index (Phi) is 7.62. The molecule has 1 aliphatic rings. The summed E-state index contributed by atoms with van der Waals surface area (Å²) in [4.78, 5) is 43.9. The number of carbonyl (C=O) groups is 3. The van der Waals surface area contributed by atoms with Crippen molar-refractivity contribution in [2.45, 2.75) is 19.4 Å². The summed E-state index contributed by atoms with van der Waals surface area (Å²) in [7, 11) is 0. The molecule has 0 aliphatic carbocycles. The van der Waals surface area contributed by atoms with E-state index in [-0.39, 0.29) is 30.8 Å². The molecule has 1 aliphatic heterocycles. The van der Waals surface area contributed by atoms with Crippen molar-refractivity contribution < 1.29 is 23.9 Å². The van der Waals surface area contributed by atoms with Crippen molar-refractivity contribution >= 4 is 34.9 Å². The fraction of sp³-hybridized carbons (Fsp3) is 0.231. The normalized spacial score (nSPS) is 13.4. The van der Waals surface area contributed by atoms with E-state index in [1.165, 1.54) is 4.90 Å². The van der Waals surface area contributed by atoms with E-state index in [4.69, 9.17) is 21.1 Å². The first-order valence-corrected chi connectivity index (χ1v) is 11.5. The van der Waals surface area contributed by atoms with Gasteiger partial charge in [-0.3, -0.25) is 24.3 Å². The molecular weight excluding hydrogens is 470 g/mol. The summed E-state index contributed by atoms with van der Waals surface area (Å²) in [6, 6.07) is 16.4. The van der Waals surface area contributed by atoms with E-state index in [2.05, 4.69) is 10.3 Å². The summed E-state index contributed by atoms with van der Waals surface area (Å²) in [5.41, 5.74) is 1.54. The van der Waals surface area contributed by atoms with Gasteiger partial charge in [0.05, 0.1) is 10.7 Å². The number of halogens is 1. The number of benzene rings is 2. The third-order valence-electron chi connectivity index (χ3n) is 5.53. The number of hydrogen-bond acceptors (Lipinski definition) is 6. The van der Waals surface area contributed by atoms with E-state index < -0.39 is 6.04 Å². The van der Waals surface area contributed by atoms with Crippen LogP contribution in [0.25, 0.3) is 0 Å². The second kappa shape index (κ2) is 11.0. The van der Waals surface area contributed by atoms with E-state index in [1.54, 1.807) is 55.6 Å². The lowest BCUT2D eigenvalue weighted by atomic mass is 10.1. The van der Waals surface area contributed by atoms with Crippen LogP contribution in [-0.4, -0.2) is 48.4 Å². The molecule has 2 aromatic carbocycles. The molecule has 3 aromatic rings. The van der Waals surface area contributed by atoms with Crippen molar-refractivity contribution in [2.75, 3.05) is 24.7 Å². The number of hydrogen-bond donors (Lipinski definition) is 1. The van der Waals surface area contributed by atoms with Gasteiger partial charge in [-0.2, -0.15) is 0 Å². The molecule has 2 heterocycles. The number of ketones is 1. The van der Waals surface area contributed by atoms with Crippen LogP contribution >= 0.6 is 11.6 Å². The van der Waals surface area contributed by atoms with Crippen LogP contribution in [0.15, 0.2) is 66.9 Å². The van der Waals surface area contributed by atoms with Crippen LogP contribution in [0.2, 0.25) is 5.02 Å². The summed E-state index contributed by atoms with van der Waals surface area (Å²) < 4.78 is 11.1. The second-order valence-corrected chi connectivity index (χ2v) is 8.32. The topological polar surface area (TPSA) is 97.8 Å². The first-order valence-electron chi connectivity index (χ1n) is 11.1. The van der Waals surface area contributed by atoms with Gasteiger partial charge in [-0.05, 0) is 49.4 Å². The smallest absolute Gasteiger partial charge is 0.265 e. The minimum absolute atomic E-state index is 0.193. The predicted octanol–water partition coefficient (Wildman–Crippen LogP) is 3.47. The molecule has 0 saturated heterocycles. The molecule has 1 aromatic heterocycles. The molecule has 0 bridgehead atoms. The van der Waals surface area contributed by atoms with Crippen LogP contribution in [0.1, 0.15) is 23.0 Å². The lowest BCUT2D eigenvalue weighted by Gasteiger charge is -2.33. The maximum atomic E-state index is 12.8. The number of Topliss-reactive ketones (excluding diaryl/α,β-unsaturated/α-hetero) is 1. The number of nitrogens with zero attached hydrogens (tertiary/aromatic N) is 2. The zero-order chi connectivity index (χ0) is 24.8. The molecular formula is C26H24ClN3O5. The fourth-order valence-electron chi connectivity index (χ4n) is 3.68. The van der Waals surface area contributed by atoms with Crippen LogP contribution in [0.4, 0.5) is 5.69 Å². The number of pyridine rings is 1. The SMILES string of the molecule is CC(C(=O)NCCc1ccccn1)N1C(=O)COc2ccc(C(=O)COc3ccccc3Cl)cc21. The Morgan fingerprint density at radius 2 is 1.97 bits per heavy atom. The molecule has 1 N–H and O–H groups in total. The van der Waals surface area contributed by atoms with E-state index in [1.807, 2.05) is 18.2 Å². The monoisotopic (exact) mass is 493 g/mol. The molecule has 35 heavy (non-hydrogen) atoms. The number of rotatable bonds is 9. The third kappa shape index (κ3) is 5.78. The van der Waals surface area contributed by atoms with Crippen molar-refractivity contribution in [3.63, 3.8) is 0 Å². The maximum Gasteiger partial charge on any atom is 0.265 e. The third-order valence-corrected chi connectivity index (χ3v) is 5.84. The van der Waals surface area contributed by atoms with Crippen molar-refractivity contribution in [3.05, 3.63) is 83.1 Å². The van der Waals surface area contributed by atoms with Gasteiger partial charge in [-0.1, -0.05) is 29.8 Å². The number of carbonyl (C=O) groups excluding carboxylic acids is 3. The molecule has 2 amide bonds. The van der Waals surface area contributed by atoms with Crippen LogP contribution in [0.5, 0.6) is 11.5 Å². The molecule has 180 valence electrons. The van der Waals surface area contributed by atoms with Gasteiger partial charge in [0.25, 0.3) is 5.91 Å². The van der Waals surface area contributed by atoms with E-state index in [0.29, 0.717) is 40.7 Å². The highest BCUT2D eigenvalue weighted by molar-refractivity contribution is 6.32. The number of amides is 2. The fourth-order valence-corrected chi connectivity index (χ4v) is 3.87. The first kappa shape index (κ1) is 24.2. The van der Waals surface area contributed by atoms with Crippen molar-refractivity contribution in [2.24, 2.45) is 0 Å². The number of fused-ring (bicyclic) bond motifs is 1. The summed E-state index contributed by atoms with van der Waals surface area (Å²) in [5.74, 6) is -0.182. The summed E-state index contributed by atoms with van der Waals surface area (Å²) in [6.45, 7) is 1.59. The van der Waals surface area contributed by atoms with Crippen molar-refractivity contribution in [1.82, 2.24) is 10.3 Å². The zero-order valence-electron chi connectivity index (χ0n) is 19.1. The molecule has 0 radical (unpaired) electrons. The highest BCUT2D eigenvalue weighted by Crippen LogP contribution is 2.34. The summed E-state index contributed by atoms with van der Waals surface area (Å²) in [6.07, 6.45) is 2.26. The average Bonchev–Trinajstić information content (AvgIpc) is 2.88. The lowest BCUT2D eigenvalue weighted by Crippen LogP contribution is -2.51. The highest BCUT2D eigenvalue weighted by atomic mass is 35.5. The van der Waals surface area contributed by atoms with E-state index in [0.717, 1.165) is 5.69 Å². The van der Waals surface area contributed by atoms with Gasteiger partial charge in [0.2, 0.25) is 5.91 Å². The molecule has 4 rings (SSSR count). The Bertz CT molecular complexity index is 1230. The van der Waals surface area contributed by atoms with Gasteiger partial charge in [0, 0.05) is 30.4 Å². The Balaban J connectivity index is 1.45. The molecule has 9 heteroatoms. The van der Waals surface area contributed by atoms with Gasteiger partial charge in [0.15, 0.2) is 19.0 Å². The number of nitrogens with one attached hydrogen (secondary N) is 1. The van der Waals surface area contributed by atoms with Crippen molar-refractivity contribution in [3.8, 4) is 11.5 Å². The van der Waals surface area contributed by atoms with E-state index >= 15 is 0 Å². The van der Waals surface area contributed by atoms with Crippen LogP contribution in [-0.2, 0) is 16.0 Å². The number of anilines is 1. The zero-order valence-corrected chi connectivity index (χ0v) is 19.8. The Morgan fingerprint density at radius 1 is 1.17 bits per heavy atom. The Labute approximate surface area is 207 Å². The molecule has 8 nitrogen and oxygen atoms in total.